The van der Waals surface area contributed by atoms with Crippen molar-refractivity contribution in [2.45, 2.75) is 25.7 Å². The minimum Gasteiger partial charge on any atom is -0.478 e. The molecule has 0 saturated heterocycles. The third-order valence-electron chi connectivity index (χ3n) is 2.13. The van der Waals surface area contributed by atoms with Gasteiger partial charge in [-0.15, -0.1) is 0 Å². The molecule has 10 heteroatoms. The summed E-state index contributed by atoms with van der Waals surface area (Å²) >= 11 is 0. The second kappa shape index (κ2) is 7.58. The van der Waals surface area contributed by atoms with Crippen molar-refractivity contribution in [2.75, 3.05) is 11.5 Å². The van der Waals surface area contributed by atoms with Crippen molar-refractivity contribution in [3.63, 3.8) is 0 Å². The third kappa shape index (κ3) is 13.3. The number of hydrogen-bond donors (Lipinski definition) is 3. The van der Waals surface area contributed by atoms with E-state index in [0.717, 1.165) is 6.08 Å². The molecule has 0 spiro atoms. The summed E-state index contributed by atoms with van der Waals surface area (Å²) in [7, 11) is -8.21. The van der Waals surface area contributed by atoms with Crippen LogP contribution in [-0.4, -0.2) is 48.5 Å². The minimum absolute atomic E-state index is 0.0316. The van der Waals surface area contributed by atoms with Gasteiger partial charge in [-0.3, -0.25) is 9.11 Å². The Morgan fingerprint density at radius 1 is 0.895 bits per heavy atom. The fraction of sp³-hybridized carbons (Fsp3) is 0.667. The monoisotopic (exact) mass is 316 g/mol. The molecule has 0 aliphatic carbocycles. The highest BCUT2D eigenvalue weighted by atomic mass is 32.2. The second-order valence-electron chi connectivity index (χ2n) is 3.92. The molecule has 3 N–H and O–H groups in total. The fourth-order valence-electron chi connectivity index (χ4n) is 1.41. The summed E-state index contributed by atoms with van der Waals surface area (Å²) in [6, 6.07) is 0. The van der Waals surface area contributed by atoms with Crippen LogP contribution in [0.2, 0.25) is 0 Å². The summed E-state index contributed by atoms with van der Waals surface area (Å²) in [5.74, 6) is -2.22. The van der Waals surface area contributed by atoms with Gasteiger partial charge in [0, 0.05) is 6.08 Å². The van der Waals surface area contributed by atoms with Crippen LogP contribution in [0.1, 0.15) is 25.7 Å². The van der Waals surface area contributed by atoms with Gasteiger partial charge in [0.1, 0.15) is 0 Å². The van der Waals surface area contributed by atoms with Gasteiger partial charge in [-0.25, -0.2) is 4.79 Å². The summed E-state index contributed by atoms with van der Waals surface area (Å²) in [6.07, 6.45) is 1.15. The second-order valence-corrected chi connectivity index (χ2v) is 7.06. The average Bonchev–Trinajstić information content (AvgIpc) is 2.11. The van der Waals surface area contributed by atoms with E-state index in [1.165, 1.54) is 0 Å². The van der Waals surface area contributed by atoms with Gasteiger partial charge in [0.25, 0.3) is 20.2 Å². The number of carboxylic acids is 1. The maximum absolute atomic E-state index is 10.5. The summed E-state index contributed by atoms with van der Waals surface area (Å²) in [4.78, 5) is 10.5. The number of allylic oxidation sites excluding steroid dienone is 1. The summed E-state index contributed by atoms with van der Waals surface area (Å²) in [6.45, 7) is 0. The first-order chi connectivity index (χ1) is 8.49. The minimum atomic E-state index is -4.10. The largest absolute Gasteiger partial charge is 0.478 e. The van der Waals surface area contributed by atoms with Gasteiger partial charge in [0.05, 0.1) is 11.5 Å². The van der Waals surface area contributed by atoms with Crippen molar-refractivity contribution in [1.82, 2.24) is 0 Å². The van der Waals surface area contributed by atoms with Crippen LogP contribution >= 0.6 is 0 Å². The lowest BCUT2D eigenvalue weighted by atomic mass is 10.1. The number of aliphatic carboxylic acids is 1. The van der Waals surface area contributed by atoms with Gasteiger partial charge in [0.2, 0.25) is 0 Å². The van der Waals surface area contributed by atoms with Crippen LogP contribution < -0.4 is 0 Å². The molecule has 0 aromatic rings. The molecule has 0 aromatic heterocycles. The normalized spacial score (nSPS) is 12.1. The Kier molecular flexibility index (Phi) is 7.19. The molecule has 0 aromatic carbocycles. The van der Waals surface area contributed by atoms with E-state index in [4.69, 9.17) is 14.2 Å². The van der Waals surface area contributed by atoms with Crippen LogP contribution in [0.4, 0.5) is 0 Å². The molecule has 0 rings (SSSR count). The van der Waals surface area contributed by atoms with Crippen LogP contribution in [0.3, 0.4) is 0 Å². The van der Waals surface area contributed by atoms with Crippen LogP contribution in [0.15, 0.2) is 11.6 Å². The predicted octanol–water partition coefficient (Wildman–Crippen LogP) is 0.333. The molecular formula is C9H16O8S2. The SMILES string of the molecule is O=C(O)C=C(CCCS(=O)(=O)O)CCCS(=O)(=O)O. The fourth-order valence-corrected chi connectivity index (χ4v) is 2.43. The lowest BCUT2D eigenvalue weighted by Crippen LogP contribution is -2.06. The Morgan fingerprint density at radius 3 is 1.53 bits per heavy atom. The van der Waals surface area contributed by atoms with Crippen molar-refractivity contribution in [3.8, 4) is 0 Å². The van der Waals surface area contributed by atoms with E-state index < -0.39 is 37.7 Å². The van der Waals surface area contributed by atoms with Gasteiger partial charge < -0.3 is 5.11 Å². The van der Waals surface area contributed by atoms with Gasteiger partial charge >= 0.3 is 5.97 Å². The average molecular weight is 316 g/mol. The zero-order valence-corrected chi connectivity index (χ0v) is 11.7. The zero-order valence-electron chi connectivity index (χ0n) is 10.0. The van der Waals surface area contributed by atoms with Crippen molar-refractivity contribution < 1.29 is 35.8 Å². The van der Waals surface area contributed by atoms with E-state index >= 15 is 0 Å². The predicted molar refractivity (Wildman–Crippen MR) is 67.0 cm³/mol. The maximum Gasteiger partial charge on any atom is 0.328 e. The smallest absolute Gasteiger partial charge is 0.328 e. The van der Waals surface area contributed by atoms with E-state index in [1.54, 1.807) is 0 Å². The molecule has 19 heavy (non-hydrogen) atoms. The number of carbonyl (C=O) groups is 1. The van der Waals surface area contributed by atoms with Gasteiger partial charge in [-0.05, 0) is 25.7 Å². The van der Waals surface area contributed by atoms with Crippen LogP contribution in [0.25, 0.3) is 0 Å². The first-order valence-corrected chi connectivity index (χ1v) is 8.54. The molecule has 0 saturated carbocycles. The maximum atomic E-state index is 10.5. The molecule has 0 fully saturated rings. The lowest BCUT2D eigenvalue weighted by molar-refractivity contribution is -0.131. The van der Waals surface area contributed by atoms with Crippen molar-refractivity contribution in [1.29, 1.82) is 0 Å². The summed E-state index contributed by atoms with van der Waals surface area (Å²) < 4.78 is 59.0. The third-order valence-corrected chi connectivity index (χ3v) is 3.74. The van der Waals surface area contributed by atoms with E-state index in [0.29, 0.717) is 5.57 Å². The van der Waals surface area contributed by atoms with Gasteiger partial charge in [-0.2, -0.15) is 16.8 Å². The standard InChI is InChI=1S/C9H16O8S2/c10-9(11)7-8(3-1-5-18(12,13)14)4-2-6-19(15,16)17/h7H,1-6H2,(H,10,11)(H,12,13,14)(H,15,16,17). The van der Waals surface area contributed by atoms with Crippen molar-refractivity contribution in [3.05, 3.63) is 11.6 Å². The van der Waals surface area contributed by atoms with Crippen LogP contribution in [-0.2, 0) is 25.0 Å². The Hall–Kier alpha value is -0.970. The first kappa shape index (κ1) is 18.0. The molecular weight excluding hydrogens is 300 g/mol. The number of carboxylic acid groups (broad SMARTS) is 1. The highest BCUT2D eigenvalue weighted by Gasteiger charge is 2.09. The van der Waals surface area contributed by atoms with Crippen LogP contribution in [0.5, 0.6) is 0 Å². The van der Waals surface area contributed by atoms with E-state index in [1.807, 2.05) is 0 Å². The molecule has 0 aliphatic heterocycles. The molecule has 0 amide bonds. The lowest BCUT2D eigenvalue weighted by Gasteiger charge is -2.05. The Morgan fingerprint density at radius 2 is 1.26 bits per heavy atom. The molecule has 0 atom stereocenters. The topological polar surface area (TPSA) is 146 Å². The van der Waals surface area contributed by atoms with Crippen molar-refractivity contribution >= 4 is 26.2 Å². The number of hydrogen-bond acceptors (Lipinski definition) is 5. The van der Waals surface area contributed by atoms with Gasteiger partial charge in [0.15, 0.2) is 0 Å². The zero-order chi connectivity index (χ0) is 15.1. The van der Waals surface area contributed by atoms with Gasteiger partial charge in [-0.1, -0.05) is 5.57 Å². The number of rotatable bonds is 9. The Balaban J connectivity index is 4.37. The molecule has 8 nitrogen and oxygen atoms in total. The molecule has 112 valence electrons. The highest BCUT2D eigenvalue weighted by molar-refractivity contribution is 7.86. The first-order valence-electron chi connectivity index (χ1n) is 5.32. The molecule has 0 radical (unpaired) electrons. The van der Waals surface area contributed by atoms with E-state index in [-0.39, 0.29) is 25.7 Å². The Bertz CT molecular complexity index is 489. The van der Waals surface area contributed by atoms with E-state index in [9.17, 15) is 21.6 Å². The molecule has 0 aliphatic rings. The molecule has 0 heterocycles. The summed E-state index contributed by atoms with van der Waals surface area (Å²) in [5.41, 5.74) is 0.347. The van der Waals surface area contributed by atoms with E-state index in [2.05, 4.69) is 0 Å². The van der Waals surface area contributed by atoms with Crippen LogP contribution in [0, 0.1) is 0 Å². The quantitative estimate of drug-likeness (QED) is 0.407. The van der Waals surface area contributed by atoms with Crippen molar-refractivity contribution in [2.24, 2.45) is 0 Å². The molecule has 0 bridgehead atoms. The Labute approximate surface area is 111 Å². The summed E-state index contributed by atoms with van der Waals surface area (Å²) in [5, 5.41) is 8.59. The molecule has 0 unspecified atom stereocenters. The highest BCUT2D eigenvalue weighted by Crippen LogP contribution is 2.13.